The Morgan fingerprint density at radius 2 is 1.89 bits per heavy atom. The molecule has 0 aliphatic rings. The lowest BCUT2D eigenvalue weighted by atomic mass is 9.85. The normalized spacial score (nSPS) is 17.2. The zero-order valence-corrected chi connectivity index (χ0v) is 13.0. The Kier molecular flexibility index (Phi) is 5.10. The summed E-state index contributed by atoms with van der Waals surface area (Å²) in [6.07, 6.45) is 1.38. The molecule has 0 amide bonds. The van der Waals surface area contributed by atoms with E-state index in [0.29, 0.717) is 24.7 Å². The van der Waals surface area contributed by atoms with Gasteiger partial charge in [-0.3, -0.25) is 0 Å². The van der Waals surface area contributed by atoms with Gasteiger partial charge in [0.15, 0.2) is 0 Å². The molecule has 19 heavy (non-hydrogen) atoms. The third-order valence-corrected chi connectivity index (χ3v) is 3.59. The van der Waals surface area contributed by atoms with Gasteiger partial charge in [-0.2, -0.15) is 4.98 Å². The van der Waals surface area contributed by atoms with Crippen LogP contribution in [0.3, 0.4) is 0 Å². The van der Waals surface area contributed by atoms with Crippen molar-refractivity contribution in [2.24, 2.45) is 11.1 Å². The minimum absolute atomic E-state index is 0.0132. The molecule has 1 aromatic heterocycles. The first-order chi connectivity index (χ1) is 8.73. The van der Waals surface area contributed by atoms with Gasteiger partial charge in [0.2, 0.25) is 11.7 Å². The van der Waals surface area contributed by atoms with E-state index in [0.717, 1.165) is 6.42 Å². The van der Waals surface area contributed by atoms with E-state index in [1.54, 1.807) is 0 Å². The number of hydrogen-bond donors (Lipinski definition) is 1. The summed E-state index contributed by atoms with van der Waals surface area (Å²) in [5, 5.41) is 4.05. The van der Waals surface area contributed by atoms with E-state index in [1.165, 1.54) is 0 Å². The van der Waals surface area contributed by atoms with Crippen LogP contribution in [-0.2, 0) is 16.8 Å². The molecule has 1 heterocycles. The fraction of sp³-hybridized carbons (Fsp3) is 0.857. The van der Waals surface area contributed by atoms with Crippen LogP contribution in [0.2, 0.25) is 0 Å². The predicted octanol–water partition coefficient (Wildman–Crippen LogP) is 2.65. The van der Waals surface area contributed by atoms with Crippen LogP contribution in [0, 0.1) is 5.41 Å². The standard InChI is InChI=1S/C14H27N3O2/c1-7-14(6,18-8-2)12-16-11(19-17-12)9-10(15)13(3,4)5/h10H,7-9,15H2,1-6H3. The molecule has 5 heteroatoms. The number of nitrogens with zero attached hydrogens (tertiary/aromatic N) is 2. The Morgan fingerprint density at radius 3 is 2.37 bits per heavy atom. The van der Waals surface area contributed by atoms with Crippen molar-refractivity contribution in [2.75, 3.05) is 6.61 Å². The Balaban J connectivity index is 2.82. The lowest BCUT2D eigenvalue weighted by Gasteiger charge is -2.25. The van der Waals surface area contributed by atoms with E-state index in [-0.39, 0.29) is 11.5 Å². The fourth-order valence-corrected chi connectivity index (χ4v) is 1.69. The lowest BCUT2D eigenvalue weighted by Crippen LogP contribution is -2.37. The molecule has 5 nitrogen and oxygen atoms in total. The summed E-state index contributed by atoms with van der Waals surface area (Å²) in [4.78, 5) is 4.44. The van der Waals surface area contributed by atoms with Crippen LogP contribution in [0.5, 0.6) is 0 Å². The highest BCUT2D eigenvalue weighted by Crippen LogP contribution is 2.27. The van der Waals surface area contributed by atoms with Gasteiger partial charge in [0.25, 0.3) is 0 Å². The van der Waals surface area contributed by atoms with Crippen LogP contribution in [0.25, 0.3) is 0 Å². The van der Waals surface area contributed by atoms with Crippen molar-refractivity contribution < 1.29 is 9.26 Å². The first-order valence-corrected chi connectivity index (χ1v) is 6.95. The second-order valence-corrected chi connectivity index (χ2v) is 6.21. The summed E-state index contributed by atoms with van der Waals surface area (Å²) in [7, 11) is 0. The molecule has 0 bridgehead atoms. The van der Waals surface area contributed by atoms with Crippen molar-refractivity contribution >= 4 is 0 Å². The van der Waals surface area contributed by atoms with Crippen LogP contribution < -0.4 is 5.73 Å². The van der Waals surface area contributed by atoms with Gasteiger partial charge in [0.05, 0.1) is 0 Å². The minimum atomic E-state index is -0.484. The Labute approximate surface area is 115 Å². The highest BCUT2D eigenvalue weighted by Gasteiger charge is 2.31. The van der Waals surface area contributed by atoms with E-state index in [2.05, 4.69) is 30.9 Å². The molecule has 110 valence electrons. The maximum Gasteiger partial charge on any atom is 0.228 e. The molecule has 0 aliphatic heterocycles. The minimum Gasteiger partial charge on any atom is -0.367 e. The van der Waals surface area contributed by atoms with E-state index >= 15 is 0 Å². The summed E-state index contributed by atoms with van der Waals surface area (Å²) in [6, 6.07) is -0.0132. The van der Waals surface area contributed by atoms with Crippen molar-refractivity contribution in [1.82, 2.24) is 10.1 Å². The number of nitrogens with two attached hydrogens (primary N) is 1. The summed E-state index contributed by atoms with van der Waals surface area (Å²) >= 11 is 0. The second-order valence-electron chi connectivity index (χ2n) is 6.21. The lowest BCUT2D eigenvalue weighted by molar-refractivity contribution is -0.0403. The zero-order chi connectivity index (χ0) is 14.7. The molecule has 2 atom stereocenters. The topological polar surface area (TPSA) is 74.2 Å². The largest absolute Gasteiger partial charge is 0.367 e. The maximum absolute atomic E-state index is 6.13. The van der Waals surface area contributed by atoms with Crippen molar-refractivity contribution in [3.63, 3.8) is 0 Å². The van der Waals surface area contributed by atoms with Crippen molar-refractivity contribution in [1.29, 1.82) is 0 Å². The van der Waals surface area contributed by atoms with Gasteiger partial charge in [-0.1, -0.05) is 32.9 Å². The molecule has 0 saturated heterocycles. The van der Waals surface area contributed by atoms with E-state index < -0.39 is 5.60 Å². The Hall–Kier alpha value is -0.940. The van der Waals surface area contributed by atoms with Crippen LogP contribution in [0.4, 0.5) is 0 Å². The second kappa shape index (κ2) is 6.01. The van der Waals surface area contributed by atoms with Crippen LogP contribution in [0.1, 0.15) is 59.7 Å². The molecule has 0 aromatic carbocycles. The van der Waals surface area contributed by atoms with Gasteiger partial charge in [0, 0.05) is 19.1 Å². The molecular formula is C14H27N3O2. The SMILES string of the molecule is CCOC(C)(CC)c1noc(CC(N)C(C)(C)C)n1. The number of rotatable bonds is 6. The van der Waals surface area contributed by atoms with Gasteiger partial charge in [0.1, 0.15) is 5.60 Å². The van der Waals surface area contributed by atoms with Crippen molar-refractivity contribution in [3.05, 3.63) is 11.7 Å². The molecule has 0 radical (unpaired) electrons. The van der Waals surface area contributed by atoms with Crippen LogP contribution >= 0.6 is 0 Å². The average Bonchev–Trinajstić information content (AvgIpc) is 2.77. The fourth-order valence-electron chi connectivity index (χ4n) is 1.69. The molecule has 0 aliphatic carbocycles. The molecular weight excluding hydrogens is 242 g/mol. The summed E-state index contributed by atoms with van der Waals surface area (Å²) < 4.78 is 11.0. The molecule has 2 unspecified atom stereocenters. The van der Waals surface area contributed by atoms with Gasteiger partial charge in [-0.25, -0.2) is 0 Å². The monoisotopic (exact) mass is 269 g/mol. The highest BCUT2D eigenvalue weighted by molar-refractivity contribution is 5.00. The smallest absolute Gasteiger partial charge is 0.228 e. The van der Waals surface area contributed by atoms with Gasteiger partial charge >= 0.3 is 0 Å². The van der Waals surface area contributed by atoms with E-state index in [1.807, 2.05) is 20.8 Å². The van der Waals surface area contributed by atoms with E-state index in [9.17, 15) is 0 Å². The average molecular weight is 269 g/mol. The van der Waals surface area contributed by atoms with Crippen LogP contribution in [0.15, 0.2) is 4.52 Å². The maximum atomic E-state index is 6.13. The van der Waals surface area contributed by atoms with Crippen molar-refractivity contribution in [2.45, 2.75) is 66.0 Å². The number of aromatic nitrogens is 2. The quantitative estimate of drug-likeness (QED) is 0.859. The molecule has 0 fully saturated rings. The van der Waals surface area contributed by atoms with Crippen LogP contribution in [-0.4, -0.2) is 22.8 Å². The van der Waals surface area contributed by atoms with Gasteiger partial charge < -0.3 is 15.0 Å². The molecule has 1 aromatic rings. The summed E-state index contributed by atoms with van der Waals surface area (Å²) in [6.45, 7) is 12.9. The summed E-state index contributed by atoms with van der Waals surface area (Å²) in [5.74, 6) is 1.18. The number of hydrogen-bond acceptors (Lipinski definition) is 5. The number of ether oxygens (including phenoxy) is 1. The summed E-state index contributed by atoms with van der Waals surface area (Å²) in [5.41, 5.74) is 5.67. The third-order valence-electron chi connectivity index (χ3n) is 3.59. The molecule has 2 N–H and O–H groups in total. The Morgan fingerprint density at radius 1 is 1.26 bits per heavy atom. The van der Waals surface area contributed by atoms with Gasteiger partial charge in [-0.15, -0.1) is 0 Å². The Bertz CT molecular complexity index is 398. The molecule has 0 saturated carbocycles. The molecule has 1 rings (SSSR count). The highest BCUT2D eigenvalue weighted by atomic mass is 16.5. The first kappa shape index (κ1) is 16.1. The first-order valence-electron chi connectivity index (χ1n) is 6.95. The zero-order valence-electron chi connectivity index (χ0n) is 13.0. The van der Waals surface area contributed by atoms with Gasteiger partial charge in [-0.05, 0) is 25.7 Å². The molecule has 0 spiro atoms. The predicted molar refractivity (Wildman–Crippen MR) is 74.7 cm³/mol. The van der Waals surface area contributed by atoms with E-state index in [4.69, 9.17) is 15.0 Å². The van der Waals surface area contributed by atoms with Crippen molar-refractivity contribution in [3.8, 4) is 0 Å². The third kappa shape index (κ3) is 4.01.